The minimum atomic E-state index is -0.979. The molecule has 0 radical (unpaired) electrons. The Balaban J connectivity index is 1.44. The number of benzene rings is 1. The van der Waals surface area contributed by atoms with E-state index in [4.69, 9.17) is 0 Å². The summed E-state index contributed by atoms with van der Waals surface area (Å²) in [7, 11) is 1.81. The molecule has 2 aliphatic heterocycles. The SMILES string of the molecule is CCn1cnc2cc(-c3ncc(N(C)C4CC5CCC(N5)[C@@H]4F)nn3)c(O)cc2c1=O. The lowest BCUT2D eigenvalue weighted by Crippen LogP contribution is -2.55. The summed E-state index contributed by atoms with van der Waals surface area (Å²) in [5.74, 6) is 0.559. The van der Waals surface area contributed by atoms with Crippen molar-refractivity contribution in [2.24, 2.45) is 0 Å². The predicted molar refractivity (Wildman–Crippen MR) is 114 cm³/mol. The maximum atomic E-state index is 14.9. The molecule has 5 rings (SSSR count). The summed E-state index contributed by atoms with van der Waals surface area (Å²) < 4.78 is 16.3. The van der Waals surface area contributed by atoms with Gasteiger partial charge in [0, 0.05) is 25.7 Å². The zero-order chi connectivity index (χ0) is 21.7. The summed E-state index contributed by atoms with van der Waals surface area (Å²) in [4.78, 5) is 22.9. The molecule has 4 atom stereocenters. The van der Waals surface area contributed by atoms with Crippen molar-refractivity contribution >= 4 is 16.7 Å². The van der Waals surface area contributed by atoms with Gasteiger partial charge in [0.25, 0.3) is 5.56 Å². The van der Waals surface area contributed by atoms with Gasteiger partial charge in [0.05, 0.1) is 35.0 Å². The van der Waals surface area contributed by atoms with Gasteiger partial charge < -0.3 is 15.3 Å². The Morgan fingerprint density at radius 3 is 2.87 bits per heavy atom. The Morgan fingerprint density at radius 1 is 1.29 bits per heavy atom. The molecule has 0 saturated carbocycles. The van der Waals surface area contributed by atoms with E-state index < -0.39 is 6.17 Å². The van der Waals surface area contributed by atoms with Crippen molar-refractivity contribution in [3.8, 4) is 17.1 Å². The van der Waals surface area contributed by atoms with Crippen LogP contribution >= 0.6 is 0 Å². The number of nitrogens with zero attached hydrogens (tertiary/aromatic N) is 6. The van der Waals surface area contributed by atoms with Crippen molar-refractivity contribution < 1.29 is 9.50 Å². The number of nitrogens with one attached hydrogen (secondary N) is 1. The Bertz CT molecular complexity index is 1180. The van der Waals surface area contributed by atoms with Crippen LogP contribution in [0.15, 0.2) is 29.5 Å². The maximum Gasteiger partial charge on any atom is 0.261 e. The number of phenols is 1. The third kappa shape index (κ3) is 3.31. The fourth-order valence-electron chi connectivity index (χ4n) is 4.67. The van der Waals surface area contributed by atoms with Gasteiger partial charge in [-0.1, -0.05) is 0 Å². The third-order valence-electron chi connectivity index (χ3n) is 6.49. The van der Waals surface area contributed by atoms with Crippen molar-refractivity contribution in [2.45, 2.75) is 57.0 Å². The Labute approximate surface area is 178 Å². The van der Waals surface area contributed by atoms with E-state index in [1.807, 2.05) is 14.0 Å². The number of hydrogen-bond acceptors (Lipinski definition) is 8. The topological polar surface area (TPSA) is 109 Å². The van der Waals surface area contributed by atoms with Crippen LogP contribution in [0, 0.1) is 0 Å². The number of rotatable bonds is 4. The van der Waals surface area contributed by atoms with Gasteiger partial charge in [0.2, 0.25) is 0 Å². The highest BCUT2D eigenvalue weighted by atomic mass is 19.1. The highest BCUT2D eigenvalue weighted by molar-refractivity contribution is 5.85. The van der Waals surface area contributed by atoms with Crippen LogP contribution in [0.4, 0.5) is 10.2 Å². The average Bonchev–Trinajstić information content (AvgIpc) is 3.20. The minimum Gasteiger partial charge on any atom is -0.507 e. The molecule has 4 heterocycles. The average molecular weight is 425 g/mol. The second-order valence-electron chi connectivity index (χ2n) is 8.27. The van der Waals surface area contributed by atoms with Crippen LogP contribution < -0.4 is 15.8 Å². The Kier molecular flexibility index (Phi) is 4.81. The van der Waals surface area contributed by atoms with Crippen LogP contribution in [0.5, 0.6) is 5.75 Å². The molecule has 3 aromatic rings. The molecule has 10 heteroatoms. The number of hydrogen-bond donors (Lipinski definition) is 2. The highest BCUT2D eigenvalue weighted by Crippen LogP contribution is 2.33. The van der Waals surface area contributed by atoms with Crippen molar-refractivity contribution in [3.63, 3.8) is 0 Å². The van der Waals surface area contributed by atoms with Crippen molar-refractivity contribution in [3.05, 3.63) is 35.0 Å². The van der Waals surface area contributed by atoms with E-state index >= 15 is 0 Å². The van der Waals surface area contributed by atoms with Gasteiger partial charge >= 0.3 is 0 Å². The van der Waals surface area contributed by atoms with Gasteiger partial charge in [-0.15, -0.1) is 10.2 Å². The number of halogens is 1. The third-order valence-corrected chi connectivity index (χ3v) is 6.49. The van der Waals surface area contributed by atoms with E-state index in [0.29, 0.717) is 41.3 Å². The maximum absolute atomic E-state index is 14.9. The molecule has 2 aromatic heterocycles. The monoisotopic (exact) mass is 425 g/mol. The van der Waals surface area contributed by atoms with E-state index in [2.05, 4.69) is 25.5 Å². The first-order valence-electron chi connectivity index (χ1n) is 10.5. The normalized spacial score (nSPS) is 25.1. The second kappa shape index (κ2) is 7.52. The van der Waals surface area contributed by atoms with Gasteiger partial charge in [-0.25, -0.2) is 14.4 Å². The zero-order valence-electron chi connectivity index (χ0n) is 17.4. The van der Waals surface area contributed by atoms with Crippen LogP contribution in [-0.2, 0) is 6.54 Å². The number of phenolic OH excluding ortho intramolecular Hbond substituents is 1. The first-order valence-corrected chi connectivity index (χ1v) is 10.5. The molecular formula is C21H24FN7O2. The standard InChI is InChI=1S/C21H24FN7O2/c1-3-29-10-24-15-7-13(17(30)8-12(15)21(29)31)20-23-9-18(26-27-20)28(2)16-6-11-4-5-14(25-11)19(16)22/h7-11,14,16,19,25,30H,3-6H2,1-2H3/t11?,14?,16?,19-/m0/s1. The van der Waals surface area contributed by atoms with Gasteiger partial charge in [0.1, 0.15) is 11.9 Å². The first kappa shape index (κ1) is 19.8. The molecule has 162 valence electrons. The number of fused-ring (bicyclic) bond motifs is 3. The Hall–Kier alpha value is -3.14. The molecule has 2 N–H and O–H groups in total. The predicted octanol–water partition coefficient (Wildman–Crippen LogP) is 1.64. The molecule has 2 fully saturated rings. The van der Waals surface area contributed by atoms with E-state index in [0.717, 1.165) is 12.8 Å². The summed E-state index contributed by atoms with van der Waals surface area (Å²) >= 11 is 0. The molecule has 0 spiro atoms. The molecule has 31 heavy (non-hydrogen) atoms. The van der Waals surface area contributed by atoms with Gasteiger partial charge in [-0.3, -0.25) is 9.36 Å². The summed E-state index contributed by atoms with van der Waals surface area (Å²) in [6, 6.07) is 2.91. The smallest absolute Gasteiger partial charge is 0.261 e. The molecule has 1 aromatic carbocycles. The Morgan fingerprint density at radius 2 is 2.13 bits per heavy atom. The summed E-state index contributed by atoms with van der Waals surface area (Å²) in [5.41, 5.74) is 0.554. The van der Waals surface area contributed by atoms with Gasteiger partial charge in [-0.2, -0.15) is 0 Å². The molecule has 2 bridgehead atoms. The lowest BCUT2D eigenvalue weighted by Gasteiger charge is -2.38. The zero-order valence-corrected chi connectivity index (χ0v) is 17.4. The van der Waals surface area contributed by atoms with Crippen LogP contribution in [0.1, 0.15) is 26.2 Å². The molecule has 2 aliphatic rings. The van der Waals surface area contributed by atoms with Crippen LogP contribution in [-0.4, -0.2) is 61.2 Å². The lowest BCUT2D eigenvalue weighted by molar-refractivity contribution is 0.176. The van der Waals surface area contributed by atoms with Crippen molar-refractivity contribution in [2.75, 3.05) is 11.9 Å². The molecule has 0 amide bonds. The molecule has 2 saturated heterocycles. The van der Waals surface area contributed by atoms with E-state index in [1.54, 1.807) is 11.0 Å². The second-order valence-corrected chi connectivity index (χ2v) is 8.27. The van der Waals surface area contributed by atoms with Crippen molar-refractivity contribution in [1.82, 2.24) is 30.0 Å². The quantitative estimate of drug-likeness (QED) is 0.649. The number of piperidine rings is 1. The fourth-order valence-corrected chi connectivity index (χ4v) is 4.67. The van der Waals surface area contributed by atoms with E-state index in [-0.39, 0.29) is 29.2 Å². The van der Waals surface area contributed by atoms with Gasteiger partial charge in [-0.05, 0) is 38.3 Å². The van der Waals surface area contributed by atoms with Crippen LogP contribution in [0.2, 0.25) is 0 Å². The molecule has 9 nitrogen and oxygen atoms in total. The fraction of sp³-hybridized carbons (Fsp3) is 0.476. The van der Waals surface area contributed by atoms with Crippen LogP contribution in [0.25, 0.3) is 22.3 Å². The number of aryl methyl sites for hydroxylation is 1. The summed E-state index contributed by atoms with van der Waals surface area (Å²) in [6.45, 7) is 2.34. The summed E-state index contributed by atoms with van der Waals surface area (Å²) in [6.07, 6.45) is 4.60. The van der Waals surface area contributed by atoms with Crippen molar-refractivity contribution in [1.29, 1.82) is 0 Å². The van der Waals surface area contributed by atoms with E-state index in [9.17, 15) is 14.3 Å². The molecular weight excluding hydrogens is 401 g/mol. The molecule has 3 unspecified atom stereocenters. The van der Waals surface area contributed by atoms with E-state index in [1.165, 1.54) is 23.2 Å². The summed E-state index contributed by atoms with van der Waals surface area (Å²) in [5, 5.41) is 22.5. The largest absolute Gasteiger partial charge is 0.507 e. The van der Waals surface area contributed by atoms with Crippen LogP contribution in [0.3, 0.4) is 0 Å². The number of aromatic nitrogens is 5. The number of aromatic hydroxyl groups is 1. The molecule has 0 aliphatic carbocycles. The first-order chi connectivity index (χ1) is 15.0. The minimum absolute atomic E-state index is 0.106. The number of anilines is 1. The highest BCUT2D eigenvalue weighted by Gasteiger charge is 2.43. The number of alkyl halides is 1. The van der Waals surface area contributed by atoms with Gasteiger partial charge in [0.15, 0.2) is 11.6 Å². The lowest BCUT2D eigenvalue weighted by atomic mass is 9.96.